The average Bonchev–Trinajstić information content (AvgIpc) is 3.10. The first-order valence-electron chi connectivity index (χ1n) is 6.05. The van der Waals surface area contributed by atoms with Crippen molar-refractivity contribution >= 4 is 17.3 Å². The Kier molecular flexibility index (Phi) is 3.76. The Hall–Kier alpha value is -0.900. The van der Waals surface area contributed by atoms with Crippen molar-refractivity contribution in [3.05, 3.63) is 28.8 Å². The van der Waals surface area contributed by atoms with Crippen LogP contribution in [0.3, 0.4) is 0 Å². The second-order valence-electron chi connectivity index (χ2n) is 4.69. The number of nitrogens with one attached hydrogen (secondary N) is 1. The molecule has 0 saturated heterocycles. The van der Waals surface area contributed by atoms with Gasteiger partial charge in [-0.25, -0.2) is 0 Å². The molecule has 100 valence electrons. The molecule has 0 aromatic heterocycles. The number of anilines is 1. The Morgan fingerprint density at radius 2 is 2.06 bits per heavy atom. The van der Waals surface area contributed by atoms with Crippen LogP contribution in [0.25, 0.3) is 0 Å². The molecule has 5 heteroatoms. The van der Waals surface area contributed by atoms with E-state index in [0.717, 1.165) is 18.6 Å². The van der Waals surface area contributed by atoms with Crippen molar-refractivity contribution in [2.24, 2.45) is 5.92 Å². The third-order valence-corrected chi connectivity index (χ3v) is 3.58. The molecule has 1 fully saturated rings. The van der Waals surface area contributed by atoms with Gasteiger partial charge in [0.2, 0.25) is 0 Å². The smallest absolute Gasteiger partial charge is 0.381 e. The van der Waals surface area contributed by atoms with E-state index < -0.39 is 11.7 Å². The number of hydrogen-bond acceptors (Lipinski definition) is 1. The standard InChI is InChI=1S/C13H15ClF3N/c1-2-11(8-3-4-8)18-12-6-5-9(7-10(12)14)13(15,16)17/h5-8,11,18H,2-4H2,1H3. The van der Waals surface area contributed by atoms with Crippen LogP contribution in [0.1, 0.15) is 31.7 Å². The SMILES string of the molecule is CCC(Nc1ccc(C(F)(F)F)cc1Cl)C1CC1. The number of hydrogen-bond donors (Lipinski definition) is 1. The van der Waals surface area contributed by atoms with Gasteiger partial charge in [0.25, 0.3) is 0 Å². The molecule has 1 N–H and O–H groups in total. The van der Waals surface area contributed by atoms with Crippen LogP contribution in [0.4, 0.5) is 18.9 Å². The van der Waals surface area contributed by atoms with Crippen LogP contribution in [-0.4, -0.2) is 6.04 Å². The third-order valence-electron chi connectivity index (χ3n) is 3.27. The van der Waals surface area contributed by atoms with Gasteiger partial charge in [-0.1, -0.05) is 18.5 Å². The summed E-state index contributed by atoms with van der Waals surface area (Å²) in [6.45, 7) is 2.06. The Morgan fingerprint density at radius 3 is 2.50 bits per heavy atom. The zero-order valence-electron chi connectivity index (χ0n) is 10.0. The van der Waals surface area contributed by atoms with Crippen LogP contribution in [0, 0.1) is 5.92 Å². The van der Waals surface area contributed by atoms with Crippen LogP contribution < -0.4 is 5.32 Å². The molecule has 1 aliphatic carbocycles. The Morgan fingerprint density at radius 1 is 1.39 bits per heavy atom. The van der Waals surface area contributed by atoms with Crippen molar-refractivity contribution < 1.29 is 13.2 Å². The third kappa shape index (κ3) is 3.10. The van der Waals surface area contributed by atoms with Crippen LogP contribution >= 0.6 is 11.6 Å². The highest BCUT2D eigenvalue weighted by Gasteiger charge is 2.32. The van der Waals surface area contributed by atoms with Crippen molar-refractivity contribution in [3.63, 3.8) is 0 Å². The van der Waals surface area contributed by atoms with E-state index in [9.17, 15) is 13.2 Å². The second kappa shape index (κ2) is 5.00. The largest absolute Gasteiger partial charge is 0.416 e. The first-order chi connectivity index (χ1) is 8.41. The zero-order valence-corrected chi connectivity index (χ0v) is 10.8. The minimum atomic E-state index is -4.34. The predicted octanol–water partition coefficient (Wildman–Crippen LogP) is 4.96. The first kappa shape index (κ1) is 13.5. The zero-order chi connectivity index (χ0) is 13.3. The summed E-state index contributed by atoms with van der Waals surface area (Å²) in [6.07, 6.45) is -1.03. The molecule has 0 spiro atoms. The van der Waals surface area contributed by atoms with Crippen molar-refractivity contribution in [1.29, 1.82) is 0 Å². The van der Waals surface area contributed by atoms with Crippen molar-refractivity contribution in [1.82, 2.24) is 0 Å². The fourth-order valence-electron chi connectivity index (χ4n) is 2.06. The Bertz CT molecular complexity index is 427. The quantitative estimate of drug-likeness (QED) is 0.820. The monoisotopic (exact) mass is 277 g/mol. The van der Waals surface area contributed by atoms with Crippen LogP contribution in [0.15, 0.2) is 18.2 Å². The molecular weight excluding hydrogens is 263 g/mol. The summed E-state index contributed by atoms with van der Waals surface area (Å²) in [7, 11) is 0. The maximum Gasteiger partial charge on any atom is 0.416 e. The lowest BCUT2D eigenvalue weighted by atomic mass is 10.1. The summed E-state index contributed by atoms with van der Waals surface area (Å²) >= 11 is 5.90. The molecule has 2 rings (SSSR count). The molecule has 1 unspecified atom stereocenters. The fourth-order valence-corrected chi connectivity index (χ4v) is 2.30. The highest BCUT2D eigenvalue weighted by Crippen LogP contribution is 2.38. The highest BCUT2D eigenvalue weighted by molar-refractivity contribution is 6.33. The van der Waals surface area contributed by atoms with E-state index in [-0.39, 0.29) is 5.02 Å². The van der Waals surface area contributed by atoms with Crippen LogP contribution in [0.2, 0.25) is 5.02 Å². The molecule has 1 saturated carbocycles. The Labute approximate surface area is 109 Å². The summed E-state index contributed by atoms with van der Waals surface area (Å²) in [5.74, 6) is 0.633. The van der Waals surface area contributed by atoms with E-state index in [4.69, 9.17) is 11.6 Å². The molecule has 18 heavy (non-hydrogen) atoms. The van der Waals surface area contributed by atoms with E-state index in [1.165, 1.54) is 18.9 Å². The molecule has 0 radical (unpaired) electrons. The molecule has 1 aliphatic rings. The molecular formula is C13H15ClF3N. The molecule has 0 heterocycles. The summed E-state index contributed by atoms with van der Waals surface area (Å²) in [5, 5.41) is 3.37. The molecule has 0 aliphatic heterocycles. The van der Waals surface area contributed by atoms with E-state index in [2.05, 4.69) is 12.2 Å². The summed E-state index contributed by atoms with van der Waals surface area (Å²) in [5.41, 5.74) is -0.124. The average molecular weight is 278 g/mol. The van der Waals surface area contributed by atoms with Gasteiger partial charge in [0.15, 0.2) is 0 Å². The van der Waals surface area contributed by atoms with E-state index in [1.807, 2.05) is 0 Å². The fraction of sp³-hybridized carbons (Fsp3) is 0.538. The number of alkyl halides is 3. The summed E-state index contributed by atoms with van der Waals surface area (Å²) in [4.78, 5) is 0. The maximum atomic E-state index is 12.5. The predicted molar refractivity (Wildman–Crippen MR) is 66.9 cm³/mol. The maximum absolute atomic E-state index is 12.5. The topological polar surface area (TPSA) is 12.0 Å². The van der Waals surface area contributed by atoms with Crippen LogP contribution in [0.5, 0.6) is 0 Å². The minimum absolute atomic E-state index is 0.129. The van der Waals surface area contributed by atoms with E-state index in [0.29, 0.717) is 17.6 Å². The molecule has 0 amide bonds. The van der Waals surface area contributed by atoms with Crippen molar-refractivity contribution in [2.45, 2.75) is 38.4 Å². The molecule has 0 bridgehead atoms. The summed E-state index contributed by atoms with van der Waals surface area (Å²) in [6, 6.07) is 3.76. The van der Waals surface area contributed by atoms with Gasteiger partial charge in [-0.3, -0.25) is 0 Å². The number of halogens is 4. The van der Waals surface area contributed by atoms with E-state index >= 15 is 0 Å². The van der Waals surface area contributed by atoms with Gasteiger partial charge in [0, 0.05) is 6.04 Å². The Balaban J connectivity index is 2.14. The van der Waals surface area contributed by atoms with Gasteiger partial charge in [-0.2, -0.15) is 13.2 Å². The van der Waals surface area contributed by atoms with Crippen molar-refractivity contribution in [3.8, 4) is 0 Å². The molecule has 1 aromatic carbocycles. The summed E-state index contributed by atoms with van der Waals surface area (Å²) < 4.78 is 37.5. The number of benzene rings is 1. The minimum Gasteiger partial charge on any atom is -0.381 e. The van der Waals surface area contributed by atoms with E-state index in [1.54, 1.807) is 0 Å². The van der Waals surface area contributed by atoms with Gasteiger partial charge in [-0.05, 0) is 43.4 Å². The second-order valence-corrected chi connectivity index (χ2v) is 5.10. The van der Waals surface area contributed by atoms with Gasteiger partial charge in [0.05, 0.1) is 16.3 Å². The van der Waals surface area contributed by atoms with Crippen LogP contribution in [-0.2, 0) is 6.18 Å². The lowest BCUT2D eigenvalue weighted by Crippen LogP contribution is -2.21. The highest BCUT2D eigenvalue weighted by atomic mass is 35.5. The lowest BCUT2D eigenvalue weighted by molar-refractivity contribution is -0.137. The van der Waals surface area contributed by atoms with Gasteiger partial charge in [0.1, 0.15) is 0 Å². The van der Waals surface area contributed by atoms with Gasteiger partial charge >= 0.3 is 6.18 Å². The molecule has 1 nitrogen and oxygen atoms in total. The van der Waals surface area contributed by atoms with Gasteiger partial charge in [-0.15, -0.1) is 0 Å². The van der Waals surface area contributed by atoms with Crippen molar-refractivity contribution in [2.75, 3.05) is 5.32 Å². The van der Waals surface area contributed by atoms with Gasteiger partial charge < -0.3 is 5.32 Å². The normalized spacial score (nSPS) is 17.6. The molecule has 1 atom stereocenters. The number of rotatable bonds is 4. The first-order valence-corrected chi connectivity index (χ1v) is 6.43. The molecule has 1 aromatic rings. The lowest BCUT2D eigenvalue weighted by Gasteiger charge is -2.19.